The molecule has 0 unspecified atom stereocenters. The lowest BCUT2D eigenvalue weighted by atomic mass is 9.88. The number of carbonyl (C=O) groups is 1. The highest BCUT2D eigenvalue weighted by Crippen LogP contribution is 2.26. The van der Waals surface area contributed by atoms with Crippen LogP contribution in [0.3, 0.4) is 0 Å². The van der Waals surface area contributed by atoms with Crippen molar-refractivity contribution in [3.05, 3.63) is 35.4 Å². The molecule has 0 spiro atoms. The first-order valence-corrected chi connectivity index (χ1v) is 7.30. The van der Waals surface area contributed by atoms with Crippen LogP contribution < -0.4 is 0 Å². The van der Waals surface area contributed by atoms with Crippen LogP contribution in [-0.2, 0) is 0 Å². The van der Waals surface area contributed by atoms with Gasteiger partial charge in [-0.25, -0.2) is 8.78 Å². The summed E-state index contributed by atoms with van der Waals surface area (Å²) in [5.41, 5.74) is 0.194. The highest BCUT2D eigenvalue weighted by atomic mass is 19.2. The summed E-state index contributed by atoms with van der Waals surface area (Å²) in [4.78, 5) is 16.3. The zero-order chi connectivity index (χ0) is 15.6. The molecule has 2 atom stereocenters. The van der Waals surface area contributed by atoms with Gasteiger partial charge in [0.2, 0.25) is 0 Å². The lowest BCUT2D eigenvalue weighted by Crippen LogP contribution is -2.51. The number of carbonyl (C=O) groups excluding carboxylic acids is 1. The maximum atomic E-state index is 13.3. The topological polar surface area (TPSA) is 23.6 Å². The molecular formula is C16H22F2N2O. The Morgan fingerprint density at radius 3 is 2.24 bits per heavy atom. The lowest BCUT2D eigenvalue weighted by molar-refractivity contribution is 0.0544. The Hall–Kier alpha value is -1.49. The van der Waals surface area contributed by atoms with E-state index < -0.39 is 11.6 Å². The van der Waals surface area contributed by atoms with Crippen molar-refractivity contribution in [2.24, 2.45) is 0 Å². The van der Waals surface area contributed by atoms with Gasteiger partial charge in [-0.15, -0.1) is 0 Å². The molecule has 21 heavy (non-hydrogen) atoms. The molecule has 1 amide bonds. The Kier molecular flexibility index (Phi) is 4.93. The Labute approximate surface area is 124 Å². The van der Waals surface area contributed by atoms with Crippen LogP contribution in [0.4, 0.5) is 8.78 Å². The summed E-state index contributed by atoms with van der Waals surface area (Å²) in [7, 11) is 5.77. The lowest BCUT2D eigenvalue weighted by Gasteiger charge is -2.41. The van der Waals surface area contributed by atoms with Gasteiger partial charge in [0, 0.05) is 24.7 Å². The van der Waals surface area contributed by atoms with Gasteiger partial charge in [0.05, 0.1) is 0 Å². The molecule has 1 aromatic carbocycles. The monoisotopic (exact) mass is 296 g/mol. The number of hydrogen-bond acceptors (Lipinski definition) is 2. The van der Waals surface area contributed by atoms with Crippen LogP contribution in [-0.4, -0.2) is 48.9 Å². The number of benzene rings is 1. The zero-order valence-electron chi connectivity index (χ0n) is 12.8. The number of rotatable bonds is 3. The van der Waals surface area contributed by atoms with Crippen molar-refractivity contribution in [3.8, 4) is 0 Å². The summed E-state index contributed by atoms with van der Waals surface area (Å²) in [5.74, 6) is -2.17. The van der Waals surface area contributed by atoms with E-state index in [9.17, 15) is 13.6 Å². The van der Waals surface area contributed by atoms with E-state index in [1.165, 1.54) is 6.07 Å². The summed E-state index contributed by atoms with van der Waals surface area (Å²) in [5, 5.41) is 0. The highest BCUT2D eigenvalue weighted by molar-refractivity contribution is 5.94. The molecule has 3 nitrogen and oxygen atoms in total. The molecule has 1 fully saturated rings. The number of likely N-dealkylation sites (N-methyl/N-ethyl adjacent to an activating group) is 2. The van der Waals surface area contributed by atoms with E-state index in [1.807, 2.05) is 14.1 Å². The Morgan fingerprint density at radius 2 is 1.67 bits per heavy atom. The molecule has 0 heterocycles. The van der Waals surface area contributed by atoms with E-state index in [1.54, 1.807) is 11.9 Å². The number of amides is 1. The fourth-order valence-electron chi connectivity index (χ4n) is 3.13. The maximum absolute atomic E-state index is 13.3. The van der Waals surface area contributed by atoms with E-state index in [2.05, 4.69) is 4.90 Å². The molecule has 0 radical (unpaired) electrons. The molecule has 0 aliphatic heterocycles. The van der Waals surface area contributed by atoms with Gasteiger partial charge in [0.25, 0.3) is 5.91 Å². The summed E-state index contributed by atoms with van der Waals surface area (Å²) in [6.07, 6.45) is 4.23. The molecule has 1 aromatic rings. The van der Waals surface area contributed by atoms with Gasteiger partial charge >= 0.3 is 0 Å². The third-order valence-corrected chi connectivity index (χ3v) is 4.34. The van der Waals surface area contributed by atoms with Crippen molar-refractivity contribution in [2.45, 2.75) is 37.8 Å². The van der Waals surface area contributed by atoms with Crippen LogP contribution in [0.15, 0.2) is 18.2 Å². The van der Waals surface area contributed by atoms with Crippen LogP contribution in [0.25, 0.3) is 0 Å². The quantitative estimate of drug-likeness (QED) is 0.856. The highest BCUT2D eigenvalue weighted by Gasteiger charge is 2.32. The van der Waals surface area contributed by atoms with Crippen LogP contribution in [0.1, 0.15) is 36.0 Å². The van der Waals surface area contributed by atoms with Crippen LogP contribution in [0.2, 0.25) is 0 Å². The molecule has 1 aliphatic rings. The molecule has 1 saturated carbocycles. The minimum Gasteiger partial charge on any atom is -0.337 e. The van der Waals surface area contributed by atoms with E-state index in [-0.39, 0.29) is 17.5 Å². The van der Waals surface area contributed by atoms with E-state index in [0.29, 0.717) is 6.04 Å². The SMILES string of the molecule is CN(C)[C@H]1CCCC[C@@H]1N(C)C(=O)c1ccc(F)c(F)c1. The normalized spacial score (nSPS) is 22.4. The van der Waals surface area contributed by atoms with Crippen molar-refractivity contribution in [1.82, 2.24) is 9.80 Å². The average Bonchev–Trinajstić information content (AvgIpc) is 2.48. The molecule has 0 N–H and O–H groups in total. The van der Waals surface area contributed by atoms with Gasteiger partial charge in [-0.3, -0.25) is 4.79 Å². The van der Waals surface area contributed by atoms with E-state index in [4.69, 9.17) is 0 Å². The third kappa shape index (κ3) is 3.40. The Balaban J connectivity index is 2.18. The van der Waals surface area contributed by atoms with Crippen molar-refractivity contribution in [1.29, 1.82) is 0 Å². The molecule has 1 aliphatic carbocycles. The summed E-state index contributed by atoms with van der Waals surface area (Å²) in [6.45, 7) is 0. The van der Waals surface area contributed by atoms with Crippen molar-refractivity contribution in [3.63, 3.8) is 0 Å². The number of halogens is 2. The van der Waals surface area contributed by atoms with Gasteiger partial charge in [0.15, 0.2) is 11.6 Å². The van der Waals surface area contributed by atoms with Gasteiger partial charge < -0.3 is 9.80 Å². The minimum absolute atomic E-state index is 0.106. The van der Waals surface area contributed by atoms with Gasteiger partial charge in [0.1, 0.15) is 0 Å². The molecule has 0 bridgehead atoms. The van der Waals surface area contributed by atoms with E-state index >= 15 is 0 Å². The Bertz CT molecular complexity index is 519. The van der Waals surface area contributed by atoms with Gasteiger partial charge in [-0.1, -0.05) is 12.8 Å². The second kappa shape index (κ2) is 6.52. The summed E-state index contributed by atoms with van der Waals surface area (Å²) >= 11 is 0. The largest absolute Gasteiger partial charge is 0.337 e. The van der Waals surface area contributed by atoms with Crippen LogP contribution in [0, 0.1) is 11.6 Å². The first-order chi connectivity index (χ1) is 9.91. The first kappa shape index (κ1) is 15.9. The fourth-order valence-corrected chi connectivity index (χ4v) is 3.13. The van der Waals surface area contributed by atoms with Crippen molar-refractivity contribution >= 4 is 5.91 Å². The van der Waals surface area contributed by atoms with Crippen molar-refractivity contribution < 1.29 is 13.6 Å². The van der Waals surface area contributed by atoms with Crippen molar-refractivity contribution in [2.75, 3.05) is 21.1 Å². The standard InChI is InChI=1S/C16H22F2N2O/c1-19(2)14-6-4-5-7-15(14)20(3)16(21)11-8-9-12(17)13(18)10-11/h8-10,14-15H,4-7H2,1-3H3/t14-,15-/m0/s1. The number of nitrogens with zero attached hydrogens (tertiary/aromatic N) is 2. The third-order valence-electron chi connectivity index (χ3n) is 4.34. The molecule has 5 heteroatoms. The van der Waals surface area contributed by atoms with Crippen LogP contribution in [0.5, 0.6) is 0 Å². The average molecular weight is 296 g/mol. The predicted molar refractivity (Wildman–Crippen MR) is 78.2 cm³/mol. The predicted octanol–water partition coefficient (Wildman–Crippen LogP) is 2.91. The zero-order valence-corrected chi connectivity index (χ0v) is 12.8. The molecule has 0 saturated heterocycles. The second-order valence-corrected chi connectivity index (χ2v) is 5.93. The first-order valence-electron chi connectivity index (χ1n) is 7.30. The van der Waals surface area contributed by atoms with Gasteiger partial charge in [-0.05, 0) is 45.1 Å². The smallest absolute Gasteiger partial charge is 0.254 e. The fraction of sp³-hybridized carbons (Fsp3) is 0.562. The second-order valence-electron chi connectivity index (χ2n) is 5.93. The molecule has 0 aromatic heterocycles. The maximum Gasteiger partial charge on any atom is 0.254 e. The van der Waals surface area contributed by atoms with E-state index in [0.717, 1.165) is 37.8 Å². The summed E-state index contributed by atoms with van der Waals surface area (Å²) < 4.78 is 26.3. The number of hydrogen-bond donors (Lipinski definition) is 0. The van der Waals surface area contributed by atoms with Crippen LogP contribution >= 0.6 is 0 Å². The van der Waals surface area contributed by atoms with Gasteiger partial charge in [-0.2, -0.15) is 0 Å². The Morgan fingerprint density at radius 1 is 1.05 bits per heavy atom. The molecular weight excluding hydrogens is 274 g/mol. The molecule has 2 rings (SSSR count). The summed E-state index contributed by atoms with van der Waals surface area (Å²) in [6, 6.07) is 3.72. The molecule has 116 valence electrons. The minimum atomic E-state index is -0.984.